The highest BCUT2D eigenvalue weighted by molar-refractivity contribution is 6.11. The van der Waals surface area contributed by atoms with Gasteiger partial charge in [0, 0.05) is 32.9 Å². The standard InChI is InChI=1S/C43H27N3/c44-28-29-9-8-12-35(25-29)46-41-16-7-5-14-37(41)39-27-33(22-24-43(39)46)31-19-17-30(18-20-31)32-21-23-42-38(26-32)36-13-4-6-15-40(36)45(42)34-10-2-1-3-11-34/h1-27H. The lowest BCUT2D eigenvalue weighted by Crippen LogP contribution is -1.94. The van der Waals surface area contributed by atoms with E-state index in [4.69, 9.17) is 0 Å². The number of hydrogen-bond acceptors (Lipinski definition) is 1. The summed E-state index contributed by atoms with van der Waals surface area (Å²) >= 11 is 0. The fourth-order valence-corrected chi connectivity index (χ4v) is 7.01. The van der Waals surface area contributed by atoms with E-state index in [1.165, 1.54) is 60.5 Å². The highest BCUT2D eigenvalue weighted by Crippen LogP contribution is 2.37. The molecule has 0 bridgehead atoms. The maximum absolute atomic E-state index is 9.51. The first-order chi connectivity index (χ1) is 22.8. The zero-order valence-corrected chi connectivity index (χ0v) is 24.9. The topological polar surface area (TPSA) is 33.6 Å². The van der Waals surface area contributed by atoms with Gasteiger partial charge in [0.1, 0.15) is 0 Å². The number of hydrogen-bond donors (Lipinski definition) is 0. The predicted octanol–water partition coefficient (Wildman–Crippen LogP) is 11.1. The second-order valence-corrected chi connectivity index (χ2v) is 11.7. The van der Waals surface area contributed by atoms with E-state index in [-0.39, 0.29) is 0 Å². The van der Waals surface area contributed by atoms with Gasteiger partial charge in [0.25, 0.3) is 0 Å². The van der Waals surface area contributed by atoms with Crippen molar-refractivity contribution in [1.82, 2.24) is 9.13 Å². The van der Waals surface area contributed by atoms with Crippen LogP contribution in [0.4, 0.5) is 0 Å². The summed E-state index contributed by atoms with van der Waals surface area (Å²) in [7, 11) is 0. The third kappa shape index (κ3) is 4.05. The summed E-state index contributed by atoms with van der Waals surface area (Å²) in [5.74, 6) is 0. The lowest BCUT2D eigenvalue weighted by Gasteiger charge is -2.09. The molecule has 3 nitrogen and oxygen atoms in total. The molecule has 0 atom stereocenters. The zero-order valence-electron chi connectivity index (χ0n) is 24.9. The van der Waals surface area contributed by atoms with E-state index >= 15 is 0 Å². The molecule has 0 radical (unpaired) electrons. The Hall–Kier alpha value is -6.37. The molecule has 7 aromatic carbocycles. The molecule has 0 saturated heterocycles. The lowest BCUT2D eigenvalue weighted by atomic mass is 9.98. The Morgan fingerprint density at radius 2 is 0.804 bits per heavy atom. The van der Waals surface area contributed by atoms with Crippen LogP contribution >= 0.6 is 0 Å². The van der Waals surface area contributed by atoms with Crippen molar-refractivity contribution in [3.63, 3.8) is 0 Å². The molecule has 0 unspecified atom stereocenters. The van der Waals surface area contributed by atoms with Crippen LogP contribution in [0.2, 0.25) is 0 Å². The minimum absolute atomic E-state index is 0.654. The quantitative estimate of drug-likeness (QED) is 0.202. The van der Waals surface area contributed by atoms with Crippen LogP contribution < -0.4 is 0 Å². The van der Waals surface area contributed by atoms with Gasteiger partial charge in [-0.3, -0.25) is 0 Å². The van der Waals surface area contributed by atoms with Crippen LogP contribution in [-0.4, -0.2) is 9.13 Å². The Morgan fingerprint density at radius 1 is 0.348 bits per heavy atom. The molecule has 9 rings (SSSR count). The molecule has 0 aliphatic heterocycles. The molecule has 9 aromatic rings. The number of para-hydroxylation sites is 3. The minimum atomic E-state index is 0.654. The van der Waals surface area contributed by atoms with Crippen LogP contribution in [-0.2, 0) is 0 Å². The molecule has 0 N–H and O–H groups in total. The normalized spacial score (nSPS) is 11.5. The van der Waals surface area contributed by atoms with E-state index in [9.17, 15) is 5.26 Å². The van der Waals surface area contributed by atoms with Gasteiger partial charge in [0.05, 0.1) is 33.7 Å². The summed E-state index contributed by atoms with van der Waals surface area (Å²) in [5, 5.41) is 14.4. The molecule has 3 heteroatoms. The van der Waals surface area contributed by atoms with Crippen LogP contribution in [0.25, 0.3) is 77.2 Å². The second-order valence-electron chi connectivity index (χ2n) is 11.7. The molecule has 0 saturated carbocycles. The summed E-state index contributed by atoms with van der Waals surface area (Å²) in [6.45, 7) is 0. The van der Waals surface area contributed by atoms with Crippen molar-refractivity contribution in [2.45, 2.75) is 0 Å². The van der Waals surface area contributed by atoms with Gasteiger partial charge >= 0.3 is 0 Å². The van der Waals surface area contributed by atoms with Crippen LogP contribution in [0, 0.1) is 11.3 Å². The van der Waals surface area contributed by atoms with Gasteiger partial charge in [-0.05, 0) is 89.0 Å². The molecular weight excluding hydrogens is 558 g/mol. The predicted molar refractivity (Wildman–Crippen MR) is 191 cm³/mol. The average Bonchev–Trinajstić information content (AvgIpc) is 3.64. The van der Waals surface area contributed by atoms with Crippen LogP contribution in [0.15, 0.2) is 164 Å². The number of nitriles is 1. The number of rotatable bonds is 4. The number of fused-ring (bicyclic) bond motifs is 6. The summed E-state index contributed by atoms with van der Waals surface area (Å²) in [5.41, 5.74) is 12.2. The molecule has 0 aliphatic carbocycles. The first-order valence-electron chi connectivity index (χ1n) is 15.5. The van der Waals surface area contributed by atoms with Gasteiger partial charge in [-0.1, -0.05) is 97.1 Å². The number of nitrogens with zero attached hydrogens (tertiary/aromatic N) is 3. The Morgan fingerprint density at radius 3 is 1.37 bits per heavy atom. The van der Waals surface area contributed by atoms with E-state index in [1.54, 1.807) is 0 Å². The van der Waals surface area contributed by atoms with Crippen molar-refractivity contribution in [3.8, 4) is 39.7 Å². The van der Waals surface area contributed by atoms with Gasteiger partial charge in [-0.25, -0.2) is 0 Å². The van der Waals surface area contributed by atoms with E-state index in [0.717, 1.165) is 16.7 Å². The fraction of sp³-hybridized carbons (Fsp3) is 0. The number of aromatic nitrogens is 2. The van der Waals surface area contributed by atoms with Crippen molar-refractivity contribution in [3.05, 3.63) is 169 Å². The van der Waals surface area contributed by atoms with Gasteiger partial charge in [0.2, 0.25) is 0 Å². The molecular formula is C43H27N3. The van der Waals surface area contributed by atoms with Gasteiger partial charge in [-0.2, -0.15) is 5.26 Å². The SMILES string of the molecule is N#Cc1cccc(-n2c3ccccc3c3cc(-c4ccc(-c5ccc6c(c5)c5ccccc5n6-c5ccccc5)cc4)ccc32)c1. The van der Waals surface area contributed by atoms with Crippen molar-refractivity contribution in [2.75, 3.05) is 0 Å². The number of benzene rings is 7. The van der Waals surface area contributed by atoms with Crippen molar-refractivity contribution in [1.29, 1.82) is 5.26 Å². The highest BCUT2D eigenvalue weighted by Gasteiger charge is 2.15. The monoisotopic (exact) mass is 585 g/mol. The van der Waals surface area contributed by atoms with Crippen molar-refractivity contribution >= 4 is 43.6 Å². The minimum Gasteiger partial charge on any atom is -0.309 e. The van der Waals surface area contributed by atoms with Gasteiger partial charge in [-0.15, -0.1) is 0 Å². The van der Waals surface area contributed by atoms with E-state index in [0.29, 0.717) is 5.56 Å². The first-order valence-corrected chi connectivity index (χ1v) is 15.5. The largest absolute Gasteiger partial charge is 0.309 e. The van der Waals surface area contributed by atoms with Gasteiger partial charge in [0.15, 0.2) is 0 Å². The van der Waals surface area contributed by atoms with Crippen LogP contribution in [0.3, 0.4) is 0 Å². The van der Waals surface area contributed by atoms with Gasteiger partial charge < -0.3 is 9.13 Å². The lowest BCUT2D eigenvalue weighted by molar-refractivity contribution is 1.18. The maximum Gasteiger partial charge on any atom is 0.0992 e. The molecule has 0 aliphatic rings. The molecule has 214 valence electrons. The fourth-order valence-electron chi connectivity index (χ4n) is 7.01. The van der Waals surface area contributed by atoms with E-state index in [1.807, 2.05) is 18.2 Å². The molecule has 46 heavy (non-hydrogen) atoms. The molecule has 2 heterocycles. The highest BCUT2D eigenvalue weighted by atomic mass is 15.0. The van der Waals surface area contributed by atoms with Crippen LogP contribution in [0.5, 0.6) is 0 Å². The summed E-state index contributed by atoms with van der Waals surface area (Å²) in [6.07, 6.45) is 0. The molecule has 2 aromatic heterocycles. The second kappa shape index (κ2) is 10.4. The average molecular weight is 586 g/mol. The molecule has 0 spiro atoms. The Bertz CT molecular complexity index is 2630. The van der Waals surface area contributed by atoms with E-state index in [2.05, 4.69) is 161 Å². The Labute approximate surface area is 266 Å². The molecule has 0 amide bonds. The van der Waals surface area contributed by atoms with E-state index < -0.39 is 0 Å². The summed E-state index contributed by atoms with van der Waals surface area (Å²) in [6, 6.07) is 60.2. The molecule has 0 fully saturated rings. The summed E-state index contributed by atoms with van der Waals surface area (Å²) < 4.78 is 4.61. The Kier molecular flexibility index (Phi) is 5.88. The van der Waals surface area contributed by atoms with Crippen molar-refractivity contribution < 1.29 is 0 Å². The van der Waals surface area contributed by atoms with Crippen molar-refractivity contribution in [2.24, 2.45) is 0 Å². The third-order valence-electron chi connectivity index (χ3n) is 9.14. The zero-order chi connectivity index (χ0) is 30.6. The Balaban J connectivity index is 1.12. The first kappa shape index (κ1) is 26.1. The van der Waals surface area contributed by atoms with Crippen LogP contribution in [0.1, 0.15) is 5.56 Å². The summed E-state index contributed by atoms with van der Waals surface area (Å²) in [4.78, 5) is 0. The maximum atomic E-state index is 9.51. The third-order valence-corrected chi connectivity index (χ3v) is 9.14. The smallest absolute Gasteiger partial charge is 0.0992 e.